The van der Waals surface area contributed by atoms with Gasteiger partial charge in [-0.25, -0.2) is 15.0 Å². The highest BCUT2D eigenvalue weighted by Gasteiger charge is 2.14. The Morgan fingerprint density at radius 3 is 2.68 bits per heavy atom. The molecular formula is C24H22N4O3. The molecule has 2 N–H and O–H groups in total. The number of nitrogens with one attached hydrogen (secondary N) is 1. The van der Waals surface area contributed by atoms with Crippen LogP contribution in [-0.2, 0) is 0 Å². The number of aryl methyl sites for hydroxylation is 2. The summed E-state index contributed by atoms with van der Waals surface area (Å²) in [4.78, 5) is 18.0. The van der Waals surface area contributed by atoms with Crippen molar-refractivity contribution in [2.45, 2.75) is 13.8 Å². The lowest BCUT2D eigenvalue weighted by molar-refractivity contribution is 0.373. The smallest absolute Gasteiger partial charge is 0.267 e. The number of methoxy groups -OCH3 is 1. The number of phenolic OH excluding ortho intramolecular Hbond substituents is 1. The summed E-state index contributed by atoms with van der Waals surface area (Å²) in [6.07, 6.45) is 1.57. The lowest BCUT2D eigenvalue weighted by atomic mass is 10.1. The highest BCUT2D eigenvalue weighted by molar-refractivity contribution is 5.82. The molecule has 0 aliphatic heterocycles. The van der Waals surface area contributed by atoms with Crippen LogP contribution in [0.3, 0.4) is 0 Å². The van der Waals surface area contributed by atoms with E-state index in [9.17, 15) is 9.90 Å². The van der Waals surface area contributed by atoms with Crippen LogP contribution in [0.25, 0.3) is 16.6 Å². The van der Waals surface area contributed by atoms with Gasteiger partial charge in [-0.1, -0.05) is 29.8 Å². The predicted molar refractivity (Wildman–Crippen MR) is 123 cm³/mol. The number of hydrogen-bond acceptors (Lipinski definition) is 6. The molecule has 7 nitrogen and oxygen atoms in total. The van der Waals surface area contributed by atoms with E-state index >= 15 is 0 Å². The minimum atomic E-state index is -0.179. The summed E-state index contributed by atoms with van der Waals surface area (Å²) in [5.41, 5.74) is 6.81. The van der Waals surface area contributed by atoms with Gasteiger partial charge < -0.3 is 9.84 Å². The van der Waals surface area contributed by atoms with Gasteiger partial charge in [0.25, 0.3) is 5.56 Å². The first-order valence-electron chi connectivity index (χ1n) is 9.73. The molecule has 31 heavy (non-hydrogen) atoms. The maximum Gasteiger partial charge on any atom is 0.267 e. The summed E-state index contributed by atoms with van der Waals surface area (Å²) in [5, 5.41) is 14.5. The number of benzene rings is 3. The Bertz CT molecular complexity index is 1360. The monoisotopic (exact) mass is 414 g/mol. The molecule has 0 radical (unpaired) electrons. The highest BCUT2D eigenvalue weighted by atomic mass is 16.5. The Morgan fingerprint density at radius 2 is 1.90 bits per heavy atom. The summed E-state index contributed by atoms with van der Waals surface area (Å²) in [6.45, 7) is 3.97. The highest BCUT2D eigenvalue weighted by Crippen LogP contribution is 2.25. The molecule has 3 aromatic carbocycles. The van der Waals surface area contributed by atoms with E-state index in [1.165, 1.54) is 17.7 Å². The maximum atomic E-state index is 13.3. The number of hydrazone groups is 1. The summed E-state index contributed by atoms with van der Waals surface area (Å²) in [6, 6.07) is 18.0. The van der Waals surface area contributed by atoms with Gasteiger partial charge in [0, 0.05) is 0 Å². The summed E-state index contributed by atoms with van der Waals surface area (Å²) in [7, 11) is 1.48. The second-order valence-corrected chi connectivity index (χ2v) is 7.18. The third kappa shape index (κ3) is 3.98. The first kappa shape index (κ1) is 20.2. The molecule has 4 rings (SSSR count). The van der Waals surface area contributed by atoms with Gasteiger partial charge in [0.2, 0.25) is 5.95 Å². The zero-order valence-electron chi connectivity index (χ0n) is 17.5. The average molecular weight is 414 g/mol. The van der Waals surface area contributed by atoms with E-state index in [-0.39, 0.29) is 11.3 Å². The second-order valence-electron chi connectivity index (χ2n) is 7.18. The molecule has 0 spiro atoms. The summed E-state index contributed by atoms with van der Waals surface area (Å²) >= 11 is 0. The van der Waals surface area contributed by atoms with Crippen molar-refractivity contribution in [3.8, 4) is 17.2 Å². The molecule has 7 heteroatoms. The summed E-state index contributed by atoms with van der Waals surface area (Å²) in [5.74, 6) is 0.699. The van der Waals surface area contributed by atoms with Crippen LogP contribution in [-0.4, -0.2) is 28.0 Å². The molecule has 0 bridgehead atoms. The first-order chi connectivity index (χ1) is 15.0. The molecule has 0 amide bonds. The van der Waals surface area contributed by atoms with Crippen LogP contribution in [0.15, 0.2) is 70.6 Å². The van der Waals surface area contributed by atoms with E-state index in [4.69, 9.17) is 4.74 Å². The molecule has 0 atom stereocenters. The standard InChI is InChI=1S/C24H22N4O3/c1-15-8-10-20(16(2)12-15)28-23(30)18-6-4-5-7-19(18)26-24(28)27-25-14-17-9-11-21(29)22(13-17)31-3/h4-14,29H,1-3H3,(H,26,27)/b25-14+. The molecule has 0 fully saturated rings. The number of nitrogens with zero attached hydrogens (tertiary/aromatic N) is 3. The van der Waals surface area contributed by atoms with E-state index in [0.717, 1.165) is 16.8 Å². The first-order valence-corrected chi connectivity index (χ1v) is 9.73. The van der Waals surface area contributed by atoms with Gasteiger partial charge >= 0.3 is 0 Å². The fraction of sp³-hybridized carbons (Fsp3) is 0.125. The minimum Gasteiger partial charge on any atom is -0.504 e. The molecule has 156 valence electrons. The SMILES string of the molecule is COc1cc(/C=N/Nc2nc3ccccc3c(=O)n2-c2ccc(C)cc2C)ccc1O. The van der Waals surface area contributed by atoms with Crippen molar-refractivity contribution in [3.63, 3.8) is 0 Å². The number of hydrogen-bond donors (Lipinski definition) is 2. The van der Waals surface area contributed by atoms with Gasteiger partial charge in [0.05, 0.1) is 29.9 Å². The van der Waals surface area contributed by atoms with Crippen LogP contribution >= 0.6 is 0 Å². The lowest BCUT2D eigenvalue weighted by Crippen LogP contribution is -2.23. The molecule has 1 heterocycles. The van der Waals surface area contributed by atoms with Crippen LogP contribution in [0.4, 0.5) is 5.95 Å². The van der Waals surface area contributed by atoms with Crippen molar-refractivity contribution < 1.29 is 9.84 Å². The maximum absolute atomic E-state index is 13.3. The van der Waals surface area contributed by atoms with Crippen molar-refractivity contribution in [2.75, 3.05) is 12.5 Å². The Kier molecular flexibility index (Phi) is 5.41. The van der Waals surface area contributed by atoms with Crippen molar-refractivity contribution in [3.05, 3.63) is 87.7 Å². The number of ether oxygens (including phenoxy) is 1. The van der Waals surface area contributed by atoms with E-state index in [1.807, 2.05) is 44.2 Å². The van der Waals surface area contributed by atoms with E-state index in [2.05, 4.69) is 15.5 Å². The third-order valence-corrected chi connectivity index (χ3v) is 4.95. The fourth-order valence-electron chi connectivity index (χ4n) is 3.43. The number of aromatic hydroxyl groups is 1. The molecule has 4 aromatic rings. The topological polar surface area (TPSA) is 88.7 Å². The van der Waals surface area contributed by atoms with Gasteiger partial charge in [0.1, 0.15) is 0 Å². The van der Waals surface area contributed by atoms with E-state index in [1.54, 1.807) is 30.5 Å². The van der Waals surface area contributed by atoms with Crippen LogP contribution in [0.5, 0.6) is 11.5 Å². The number of para-hydroxylation sites is 1. The second kappa shape index (κ2) is 8.31. The Balaban J connectivity index is 1.80. The number of aromatic nitrogens is 2. The van der Waals surface area contributed by atoms with Crippen LogP contribution < -0.4 is 15.7 Å². The molecule has 0 aliphatic rings. The predicted octanol–water partition coefficient (Wildman–Crippen LogP) is 4.16. The Morgan fingerprint density at radius 1 is 1.10 bits per heavy atom. The number of fused-ring (bicyclic) bond motifs is 1. The molecule has 1 aromatic heterocycles. The molecular weight excluding hydrogens is 392 g/mol. The van der Waals surface area contributed by atoms with Gasteiger partial charge in [0.15, 0.2) is 11.5 Å². The van der Waals surface area contributed by atoms with Crippen molar-refractivity contribution in [1.29, 1.82) is 0 Å². The van der Waals surface area contributed by atoms with Crippen molar-refractivity contribution in [2.24, 2.45) is 5.10 Å². The summed E-state index contributed by atoms with van der Waals surface area (Å²) < 4.78 is 6.66. The molecule has 0 aliphatic carbocycles. The van der Waals surface area contributed by atoms with Gasteiger partial charge in [-0.3, -0.25) is 4.79 Å². The molecule has 0 saturated carbocycles. The zero-order chi connectivity index (χ0) is 22.0. The van der Waals surface area contributed by atoms with Crippen molar-refractivity contribution in [1.82, 2.24) is 9.55 Å². The minimum absolute atomic E-state index is 0.0486. The van der Waals surface area contributed by atoms with Crippen molar-refractivity contribution >= 4 is 23.1 Å². The molecule has 0 unspecified atom stereocenters. The quantitative estimate of drug-likeness (QED) is 0.378. The van der Waals surface area contributed by atoms with E-state index in [0.29, 0.717) is 28.2 Å². The largest absolute Gasteiger partial charge is 0.504 e. The van der Waals surface area contributed by atoms with Gasteiger partial charge in [-0.15, -0.1) is 0 Å². The van der Waals surface area contributed by atoms with Crippen LogP contribution in [0.1, 0.15) is 16.7 Å². The van der Waals surface area contributed by atoms with Crippen LogP contribution in [0.2, 0.25) is 0 Å². The zero-order valence-corrected chi connectivity index (χ0v) is 17.5. The normalized spacial score (nSPS) is 11.2. The lowest BCUT2D eigenvalue weighted by Gasteiger charge is -2.15. The Labute approximate surface area is 179 Å². The van der Waals surface area contributed by atoms with E-state index < -0.39 is 0 Å². The fourth-order valence-corrected chi connectivity index (χ4v) is 3.43. The van der Waals surface area contributed by atoms with Gasteiger partial charge in [-0.2, -0.15) is 5.10 Å². The molecule has 0 saturated heterocycles. The number of phenols is 1. The number of anilines is 1. The van der Waals surface area contributed by atoms with Crippen LogP contribution in [0, 0.1) is 13.8 Å². The Hall–Kier alpha value is -4.13. The third-order valence-electron chi connectivity index (χ3n) is 4.95. The van der Waals surface area contributed by atoms with Gasteiger partial charge in [-0.05, 0) is 61.4 Å². The number of rotatable bonds is 5. The average Bonchev–Trinajstić information content (AvgIpc) is 2.76.